The lowest BCUT2D eigenvalue weighted by Crippen LogP contribution is -2.41. The molecule has 0 saturated carbocycles. The van der Waals surface area contributed by atoms with Gasteiger partial charge in [0.2, 0.25) is 0 Å². The van der Waals surface area contributed by atoms with E-state index in [4.69, 9.17) is 4.43 Å². The van der Waals surface area contributed by atoms with Gasteiger partial charge in [-0.2, -0.15) is 0 Å². The van der Waals surface area contributed by atoms with Crippen molar-refractivity contribution in [1.82, 2.24) is 3.97 Å². The topological polar surface area (TPSA) is 68.5 Å². The molecule has 1 atom stereocenters. The monoisotopic (exact) mass is 523 g/mol. The van der Waals surface area contributed by atoms with E-state index < -0.39 is 24.4 Å². The predicted molar refractivity (Wildman–Crippen MR) is 132 cm³/mol. The van der Waals surface area contributed by atoms with E-state index in [2.05, 4.69) is 49.8 Å². The predicted octanol–water partition coefficient (Wildman–Crippen LogP) is 6.00. The molecule has 0 aliphatic heterocycles. The maximum Gasteiger partial charge on any atom is 0.268 e. The zero-order valence-electron chi connectivity index (χ0n) is 18.8. The number of aliphatic hydroxyl groups is 1. The van der Waals surface area contributed by atoms with Gasteiger partial charge in [-0.3, -0.25) is 0 Å². The fraction of sp³-hybridized carbons (Fsp3) is 0.391. The molecular formula is C23H30BrNO4SSi. The number of benzene rings is 2. The number of halogens is 1. The van der Waals surface area contributed by atoms with Gasteiger partial charge in [-0.15, -0.1) is 0 Å². The first-order valence-corrected chi connectivity index (χ1v) is 15.3. The van der Waals surface area contributed by atoms with E-state index in [1.807, 2.05) is 19.1 Å². The van der Waals surface area contributed by atoms with Crippen molar-refractivity contribution in [3.63, 3.8) is 0 Å². The largest absolute Gasteiger partial charge is 0.414 e. The van der Waals surface area contributed by atoms with Gasteiger partial charge in [-0.05, 0) is 49.3 Å². The van der Waals surface area contributed by atoms with Crippen molar-refractivity contribution in [2.24, 2.45) is 0 Å². The van der Waals surface area contributed by atoms with Gasteiger partial charge >= 0.3 is 0 Å². The normalized spacial score (nSPS) is 14.2. The molecule has 1 N–H and O–H groups in total. The molecule has 168 valence electrons. The molecule has 0 unspecified atom stereocenters. The van der Waals surface area contributed by atoms with Gasteiger partial charge in [0.15, 0.2) is 8.32 Å². The Morgan fingerprint density at radius 1 is 1.13 bits per heavy atom. The van der Waals surface area contributed by atoms with E-state index in [1.165, 1.54) is 10.2 Å². The zero-order chi connectivity index (χ0) is 23.2. The van der Waals surface area contributed by atoms with E-state index in [1.54, 1.807) is 30.3 Å². The summed E-state index contributed by atoms with van der Waals surface area (Å²) in [7, 11) is -5.88. The first kappa shape index (κ1) is 24.2. The van der Waals surface area contributed by atoms with Crippen molar-refractivity contribution >= 4 is 45.2 Å². The summed E-state index contributed by atoms with van der Waals surface area (Å²) in [5, 5.41) is 11.7. The maximum atomic E-state index is 13.4. The number of rotatable bonds is 6. The van der Waals surface area contributed by atoms with Crippen LogP contribution in [0.1, 0.15) is 38.0 Å². The lowest BCUT2D eigenvalue weighted by molar-refractivity contribution is 0.101. The highest BCUT2D eigenvalue weighted by Crippen LogP contribution is 2.38. The molecule has 0 fully saturated rings. The second-order valence-electron chi connectivity index (χ2n) is 9.45. The second-order valence-corrected chi connectivity index (χ2v) is 17.0. The number of hydrogen-bond donors (Lipinski definition) is 1. The molecule has 0 aliphatic carbocycles. The van der Waals surface area contributed by atoms with E-state index >= 15 is 0 Å². The van der Waals surface area contributed by atoms with Crippen molar-refractivity contribution in [3.8, 4) is 0 Å². The zero-order valence-corrected chi connectivity index (χ0v) is 22.2. The lowest BCUT2D eigenvalue weighted by atomic mass is 10.1. The molecule has 8 heteroatoms. The van der Waals surface area contributed by atoms with Gasteiger partial charge in [-0.1, -0.05) is 60.5 Å². The number of aromatic nitrogens is 1. The third-order valence-corrected chi connectivity index (χ3v) is 12.8. The van der Waals surface area contributed by atoms with Crippen LogP contribution in [0.4, 0.5) is 0 Å². The summed E-state index contributed by atoms with van der Waals surface area (Å²) in [4.78, 5) is 0.202. The minimum absolute atomic E-state index is 0.0142. The van der Waals surface area contributed by atoms with Crippen LogP contribution in [0.3, 0.4) is 0 Å². The van der Waals surface area contributed by atoms with Gasteiger partial charge in [0.05, 0.1) is 17.0 Å². The summed E-state index contributed by atoms with van der Waals surface area (Å²) in [6.07, 6.45) is 0.582. The summed E-state index contributed by atoms with van der Waals surface area (Å²) >= 11 is 3.43. The summed E-state index contributed by atoms with van der Waals surface area (Å²) < 4.78 is 35.0. The summed E-state index contributed by atoms with van der Waals surface area (Å²) in [5.41, 5.74) is 2.03. The van der Waals surface area contributed by atoms with Crippen LogP contribution in [0.2, 0.25) is 18.1 Å². The molecule has 31 heavy (non-hydrogen) atoms. The summed E-state index contributed by atoms with van der Waals surface area (Å²) in [5.74, 6) is 0. The molecular weight excluding hydrogens is 494 g/mol. The van der Waals surface area contributed by atoms with E-state index in [0.29, 0.717) is 16.5 Å². The molecule has 0 aliphatic rings. The van der Waals surface area contributed by atoms with E-state index in [9.17, 15) is 13.5 Å². The minimum Gasteiger partial charge on any atom is -0.414 e. The minimum atomic E-state index is -3.83. The number of aryl methyl sites for hydroxylation is 1. The molecule has 0 amide bonds. The van der Waals surface area contributed by atoms with Crippen LogP contribution in [0.5, 0.6) is 0 Å². The van der Waals surface area contributed by atoms with Gasteiger partial charge in [0.1, 0.15) is 6.10 Å². The fourth-order valence-corrected chi connectivity index (χ4v) is 5.80. The third-order valence-electron chi connectivity index (χ3n) is 6.11. The van der Waals surface area contributed by atoms with Crippen LogP contribution in [0.25, 0.3) is 10.9 Å². The molecule has 3 rings (SSSR count). The Morgan fingerprint density at radius 2 is 1.74 bits per heavy atom. The van der Waals surface area contributed by atoms with Crippen molar-refractivity contribution in [2.75, 3.05) is 6.61 Å². The molecule has 0 bridgehead atoms. The highest BCUT2D eigenvalue weighted by molar-refractivity contribution is 9.10. The standard InChI is InChI=1S/C23H30BrNO4SSi/c1-16-7-10-18(11-8-16)30(27,28)25-14-20(19-12-9-17(24)13-21(19)25)22(26)15-29-31(5,6)23(2,3)4/h7-14,22,26H,15H2,1-6H3/t22-/m1/s1. The second kappa shape index (κ2) is 8.48. The first-order valence-electron chi connectivity index (χ1n) is 10.2. The number of aliphatic hydroxyl groups excluding tert-OH is 1. The Kier molecular flexibility index (Phi) is 6.62. The Hall–Kier alpha value is -1.45. The summed E-state index contributed by atoms with van der Waals surface area (Å²) in [6, 6.07) is 12.2. The molecule has 0 spiro atoms. The Bertz CT molecular complexity index is 1190. The average molecular weight is 525 g/mol. The third kappa shape index (κ3) is 4.83. The van der Waals surface area contributed by atoms with Crippen LogP contribution < -0.4 is 0 Å². The molecule has 0 radical (unpaired) electrons. The van der Waals surface area contributed by atoms with E-state index in [-0.39, 0.29) is 16.5 Å². The van der Waals surface area contributed by atoms with Crippen LogP contribution in [0.15, 0.2) is 58.0 Å². The maximum absolute atomic E-state index is 13.4. The quantitative estimate of drug-likeness (QED) is 0.402. The first-order chi connectivity index (χ1) is 14.2. The number of nitrogens with zero attached hydrogens (tertiary/aromatic N) is 1. The smallest absolute Gasteiger partial charge is 0.268 e. The molecule has 0 saturated heterocycles. The van der Waals surface area contributed by atoms with Crippen molar-refractivity contribution in [2.45, 2.75) is 56.8 Å². The van der Waals surface area contributed by atoms with Crippen LogP contribution >= 0.6 is 15.9 Å². The van der Waals surface area contributed by atoms with Crippen molar-refractivity contribution < 1.29 is 18.0 Å². The van der Waals surface area contributed by atoms with Gasteiger partial charge in [0.25, 0.3) is 10.0 Å². The van der Waals surface area contributed by atoms with Crippen molar-refractivity contribution in [3.05, 3.63) is 64.3 Å². The fourth-order valence-electron chi connectivity index (χ4n) is 3.08. The molecule has 1 heterocycles. The Labute approximate surface area is 194 Å². The van der Waals surface area contributed by atoms with Gasteiger partial charge < -0.3 is 9.53 Å². The molecule has 5 nitrogen and oxygen atoms in total. The van der Waals surface area contributed by atoms with Gasteiger partial charge in [-0.25, -0.2) is 12.4 Å². The van der Waals surface area contributed by atoms with Crippen LogP contribution in [-0.4, -0.2) is 32.4 Å². The summed E-state index contributed by atoms with van der Waals surface area (Å²) in [6.45, 7) is 12.7. The Balaban J connectivity index is 2.06. The Morgan fingerprint density at radius 3 is 2.32 bits per heavy atom. The van der Waals surface area contributed by atoms with Crippen molar-refractivity contribution in [1.29, 1.82) is 0 Å². The number of fused-ring (bicyclic) bond motifs is 1. The lowest BCUT2D eigenvalue weighted by Gasteiger charge is -2.36. The molecule has 2 aromatic carbocycles. The van der Waals surface area contributed by atoms with Gasteiger partial charge in [0, 0.05) is 21.6 Å². The molecule has 1 aromatic heterocycles. The number of hydrogen-bond acceptors (Lipinski definition) is 4. The van der Waals surface area contributed by atoms with Crippen LogP contribution in [-0.2, 0) is 14.4 Å². The van der Waals surface area contributed by atoms with Crippen LogP contribution in [0, 0.1) is 6.92 Å². The van der Waals surface area contributed by atoms with E-state index in [0.717, 1.165) is 10.0 Å². The molecule has 3 aromatic rings. The highest BCUT2D eigenvalue weighted by Gasteiger charge is 2.38. The SMILES string of the molecule is Cc1ccc(S(=O)(=O)n2cc([C@H](O)CO[Si](C)(C)C(C)(C)C)c3ccc(Br)cc32)cc1. The highest BCUT2D eigenvalue weighted by atomic mass is 79.9. The average Bonchev–Trinajstić information content (AvgIpc) is 3.05.